The van der Waals surface area contributed by atoms with Crippen LogP contribution in [0.25, 0.3) is 0 Å². The number of carbonyl (C=O) groups is 2. The maximum Gasteiger partial charge on any atom is 0.427 e. The molecule has 0 aromatic carbocycles. The average molecular weight is 317 g/mol. The second kappa shape index (κ2) is 9.56. The highest BCUT2D eigenvalue weighted by atomic mass is 32.2. The summed E-state index contributed by atoms with van der Waals surface area (Å²) in [6, 6.07) is 0. The minimum Gasteiger partial charge on any atom is -0.443 e. The van der Waals surface area contributed by atoms with Gasteiger partial charge in [0.1, 0.15) is 11.9 Å². The molecule has 120 valence electrons. The molecule has 21 heavy (non-hydrogen) atoms. The minimum atomic E-state index is -0.720. The van der Waals surface area contributed by atoms with E-state index in [0.29, 0.717) is 17.4 Å². The van der Waals surface area contributed by atoms with Crippen LogP contribution in [0.1, 0.15) is 20.8 Å². The average Bonchev–Trinajstić information content (AvgIpc) is 2.34. The van der Waals surface area contributed by atoms with Gasteiger partial charge in [0.05, 0.1) is 25.2 Å². The number of ether oxygens (including phenoxy) is 1. The van der Waals surface area contributed by atoms with Gasteiger partial charge in [-0.15, -0.1) is 13.2 Å². The molecule has 0 bridgehead atoms. The molecule has 0 unspecified atom stereocenters. The van der Waals surface area contributed by atoms with Gasteiger partial charge in [-0.3, -0.25) is 5.21 Å². The summed E-state index contributed by atoms with van der Waals surface area (Å²) in [5.74, 6) is 0. The van der Waals surface area contributed by atoms with Crippen LogP contribution in [0, 0.1) is 0 Å². The molecule has 8 heteroatoms. The van der Waals surface area contributed by atoms with Crippen molar-refractivity contribution in [1.29, 1.82) is 0 Å². The molecule has 7 nitrogen and oxygen atoms in total. The number of hydrazine groups is 1. The molecule has 1 N–H and O–H groups in total. The predicted molar refractivity (Wildman–Crippen MR) is 82.2 cm³/mol. The molecule has 0 aliphatic carbocycles. The van der Waals surface area contributed by atoms with E-state index >= 15 is 0 Å². The third-order valence-corrected chi connectivity index (χ3v) is 2.78. The predicted octanol–water partition coefficient (Wildman–Crippen LogP) is 2.27. The lowest BCUT2D eigenvalue weighted by atomic mass is 10.2. The normalized spacial score (nSPS) is 11.3. The van der Waals surface area contributed by atoms with Gasteiger partial charge < -0.3 is 9.53 Å². The molecular weight excluding hydrogens is 294 g/mol. The third kappa shape index (κ3) is 8.51. The van der Waals surface area contributed by atoms with Crippen molar-refractivity contribution in [3.63, 3.8) is 0 Å². The van der Waals surface area contributed by atoms with Crippen molar-refractivity contribution < 1.29 is 19.5 Å². The Morgan fingerprint density at radius 3 is 2.24 bits per heavy atom. The molecule has 0 heterocycles. The molecule has 0 aliphatic rings. The van der Waals surface area contributed by atoms with Crippen LogP contribution >= 0.6 is 12.1 Å². The van der Waals surface area contributed by atoms with Crippen LogP contribution in [0.4, 0.5) is 4.79 Å². The van der Waals surface area contributed by atoms with Crippen molar-refractivity contribution in [2.45, 2.75) is 26.4 Å². The number of nitrogens with zero attached hydrogens (tertiary/aromatic N) is 3. The Kier molecular flexibility index (Phi) is 8.95. The number of carbonyl (C=O) groups excluding carboxylic acids is 2. The van der Waals surface area contributed by atoms with Crippen molar-refractivity contribution in [2.24, 2.45) is 0 Å². The first-order valence-electron chi connectivity index (χ1n) is 6.33. The van der Waals surface area contributed by atoms with Crippen molar-refractivity contribution in [3.8, 4) is 0 Å². The number of amides is 1. The molecule has 0 aliphatic heterocycles. The van der Waals surface area contributed by atoms with Gasteiger partial charge in [-0.25, -0.2) is 14.1 Å². The first kappa shape index (κ1) is 19.7. The molecule has 0 rings (SSSR count). The Morgan fingerprint density at radius 2 is 1.81 bits per heavy atom. The van der Waals surface area contributed by atoms with Crippen LogP contribution in [-0.4, -0.2) is 56.7 Å². The Labute approximate surface area is 130 Å². The maximum atomic E-state index is 12.0. The summed E-state index contributed by atoms with van der Waals surface area (Å²) in [5.41, 5.74) is -0.689. The topological polar surface area (TPSA) is 73.3 Å². The SMILES string of the molecule is C=CCN(CC=O)SN(O)N(CC=C)C(=O)OC(C)(C)C. The van der Waals surface area contributed by atoms with Gasteiger partial charge in [0.15, 0.2) is 0 Å². The fourth-order valence-corrected chi connectivity index (χ4v) is 1.89. The Bertz CT molecular complexity index is 361. The maximum absolute atomic E-state index is 12.0. The van der Waals surface area contributed by atoms with E-state index in [9.17, 15) is 14.8 Å². The standard InChI is InChI=1S/C13H23N3O4S/c1-6-8-14(10-11-17)21-16(19)15(9-7-2)12(18)20-13(3,4)5/h6-7,11,19H,1-2,8-10H2,3-5H3. The number of aldehydes is 1. The molecule has 0 aromatic heterocycles. The number of hydrogen-bond donors (Lipinski definition) is 1. The zero-order valence-corrected chi connectivity index (χ0v) is 13.5. The van der Waals surface area contributed by atoms with Gasteiger partial charge in [-0.2, -0.15) is 0 Å². The van der Waals surface area contributed by atoms with E-state index in [4.69, 9.17) is 4.74 Å². The van der Waals surface area contributed by atoms with E-state index in [-0.39, 0.29) is 13.1 Å². The molecule has 0 atom stereocenters. The lowest BCUT2D eigenvalue weighted by Crippen LogP contribution is -2.45. The van der Waals surface area contributed by atoms with E-state index in [1.807, 2.05) is 0 Å². The van der Waals surface area contributed by atoms with Gasteiger partial charge in [-0.05, 0) is 25.3 Å². The monoisotopic (exact) mass is 317 g/mol. The first-order chi connectivity index (χ1) is 9.75. The van der Waals surface area contributed by atoms with Crippen molar-refractivity contribution in [3.05, 3.63) is 25.3 Å². The van der Waals surface area contributed by atoms with Gasteiger partial charge in [0.2, 0.25) is 0 Å². The highest BCUT2D eigenvalue weighted by molar-refractivity contribution is 7.94. The molecule has 0 spiro atoms. The zero-order valence-electron chi connectivity index (χ0n) is 12.7. The number of hydrogen-bond acceptors (Lipinski definition) is 7. The summed E-state index contributed by atoms with van der Waals surface area (Å²) in [6.45, 7) is 12.8. The lowest BCUT2D eigenvalue weighted by molar-refractivity contribution is -0.146. The highest BCUT2D eigenvalue weighted by Gasteiger charge is 2.27. The van der Waals surface area contributed by atoms with E-state index in [0.717, 1.165) is 17.1 Å². The van der Waals surface area contributed by atoms with Gasteiger partial charge in [0, 0.05) is 6.54 Å². The summed E-state index contributed by atoms with van der Waals surface area (Å²) in [5, 5.41) is 11.0. The van der Waals surface area contributed by atoms with Crippen LogP contribution in [0.2, 0.25) is 0 Å². The van der Waals surface area contributed by atoms with Gasteiger partial charge in [-0.1, -0.05) is 12.2 Å². The summed E-state index contributed by atoms with van der Waals surface area (Å²) >= 11 is 0.793. The van der Waals surface area contributed by atoms with Crippen molar-refractivity contribution in [2.75, 3.05) is 19.6 Å². The van der Waals surface area contributed by atoms with Gasteiger partial charge in [0.25, 0.3) is 0 Å². The van der Waals surface area contributed by atoms with Crippen LogP contribution in [0.5, 0.6) is 0 Å². The van der Waals surface area contributed by atoms with E-state index in [1.165, 1.54) is 10.4 Å². The second-order valence-corrected chi connectivity index (χ2v) is 5.99. The Balaban J connectivity index is 4.83. The largest absolute Gasteiger partial charge is 0.443 e. The molecule has 1 amide bonds. The molecule has 0 fully saturated rings. The smallest absolute Gasteiger partial charge is 0.427 e. The molecule has 0 saturated heterocycles. The Morgan fingerprint density at radius 1 is 1.24 bits per heavy atom. The lowest BCUT2D eigenvalue weighted by Gasteiger charge is -2.32. The minimum absolute atomic E-state index is 0.0570. The summed E-state index contributed by atoms with van der Waals surface area (Å²) < 4.78 is 7.32. The van der Waals surface area contributed by atoms with Crippen LogP contribution in [0.3, 0.4) is 0 Å². The van der Waals surface area contributed by atoms with E-state index < -0.39 is 11.7 Å². The fraction of sp³-hybridized carbons (Fsp3) is 0.538. The van der Waals surface area contributed by atoms with Gasteiger partial charge >= 0.3 is 6.09 Å². The fourth-order valence-electron chi connectivity index (χ4n) is 1.17. The zero-order chi connectivity index (χ0) is 16.5. The third-order valence-electron chi connectivity index (χ3n) is 1.91. The molecule has 0 aromatic rings. The summed E-state index contributed by atoms with van der Waals surface area (Å²) in [7, 11) is 0. The van der Waals surface area contributed by atoms with Crippen LogP contribution in [0.15, 0.2) is 25.3 Å². The molecular formula is C13H23N3O4S. The first-order valence-corrected chi connectivity index (χ1v) is 7.06. The van der Waals surface area contributed by atoms with Crippen LogP contribution in [-0.2, 0) is 9.53 Å². The molecule has 0 saturated carbocycles. The number of rotatable bonds is 9. The quantitative estimate of drug-likeness (QED) is 0.303. The Hall–Kier alpha value is -1.35. The second-order valence-electron chi connectivity index (χ2n) is 4.99. The van der Waals surface area contributed by atoms with E-state index in [2.05, 4.69) is 13.2 Å². The summed E-state index contributed by atoms with van der Waals surface area (Å²) in [6.07, 6.45) is 3.00. The van der Waals surface area contributed by atoms with E-state index in [1.54, 1.807) is 26.8 Å². The van der Waals surface area contributed by atoms with Crippen LogP contribution < -0.4 is 0 Å². The van der Waals surface area contributed by atoms with Crippen molar-refractivity contribution >= 4 is 24.5 Å². The molecule has 0 radical (unpaired) electrons. The summed E-state index contributed by atoms with van der Waals surface area (Å²) in [4.78, 5) is 22.6. The van der Waals surface area contributed by atoms with Crippen molar-refractivity contribution in [1.82, 2.24) is 13.9 Å². The highest BCUT2D eigenvalue weighted by Crippen LogP contribution is 2.18.